The van der Waals surface area contributed by atoms with Crippen LogP contribution in [0, 0.1) is 0 Å². The number of fused-ring (bicyclic) bond motifs is 26. The van der Waals surface area contributed by atoms with E-state index in [1.54, 1.807) is 0 Å². The van der Waals surface area contributed by atoms with Crippen molar-refractivity contribution in [1.82, 2.24) is 9.97 Å². The molecular formula is C108H64N2S2. The number of pyridine rings is 2. The number of nitrogens with zero attached hydrogens (tertiary/aromatic N) is 2. The molecule has 24 rings (SSSR count). The molecule has 4 heteroatoms. The Morgan fingerprint density at radius 2 is 0.589 bits per heavy atom. The molecular weight excluding hydrogens is 1390 g/mol. The highest BCUT2D eigenvalue weighted by Crippen LogP contribution is 2.68. The third kappa shape index (κ3) is 9.25. The lowest BCUT2D eigenvalue weighted by atomic mass is 9.70. The fourth-order valence-electron chi connectivity index (χ4n) is 19.7. The van der Waals surface area contributed by atoms with E-state index in [9.17, 15) is 0 Å². The zero-order valence-corrected chi connectivity index (χ0v) is 62.3. The van der Waals surface area contributed by atoms with Gasteiger partial charge in [0.25, 0.3) is 0 Å². The lowest BCUT2D eigenvalue weighted by molar-refractivity contribution is 0.803. The van der Waals surface area contributed by atoms with E-state index < -0.39 is 10.8 Å². The van der Waals surface area contributed by atoms with Gasteiger partial charge in [-0.3, -0.25) is 0 Å². The van der Waals surface area contributed by atoms with Gasteiger partial charge in [0.15, 0.2) is 0 Å². The molecule has 2 spiro atoms. The zero-order chi connectivity index (χ0) is 73.3. The molecule has 518 valence electrons. The summed E-state index contributed by atoms with van der Waals surface area (Å²) in [5.74, 6) is 0. The van der Waals surface area contributed by atoms with Gasteiger partial charge in [0.1, 0.15) is 0 Å². The van der Waals surface area contributed by atoms with Crippen LogP contribution in [-0.2, 0) is 10.8 Å². The molecule has 0 radical (unpaired) electrons. The van der Waals surface area contributed by atoms with Gasteiger partial charge in [0.05, 0.1) is 33.6 Å². The number of benzene rings is 16. The van der Waals surface area contributed by atoms with Gasteiger partial charge in [0.2, 0.25) is 0 Å². The van der Waals surface area contributed by atoms with E-state index in [4.69, 9.17) is 9.97 Å². The minimum atomic E-state index is -0.533. The fraction of sp³-hybridized carbons (Fsp3) is 0.0185. The summed E-state index contributed by atoms with van der Waals surface area (Å²) in [5, 5.41) is 7.43. The Labute approximate surface area is 656 Å². The van der Waals surface area contributed by atoms with Crippen LogP contribution in [0.5, 0.6) is 0 Å². The Balaban J connectivity index is 0.598. The maximum Gasteiger partial charge on any atom is 0.0740 e. The number of hydrogen-bond acceptors (Lipinski definition) is 4. The monoisotopic (exact) mass is 1450 g/mol. The van der Waals surface area contributed by atoms with Crippen LogP contribution in [0.1, 0.15) is 44.5 Å². The van der Waals surface area contributed by atoms with Crippen molar-refractivity contribution in [2.24, 2.45) is 0 Å². The van der Waals surface area contributed by atoms with Crippen molar-refractivity contribution in [3.63, 3.8) is 0 Å². The van der Waals surface area contributed by atoms with Crippen LogP contribution in [0.15, 0.2) is 388 Å². The van der Waals surface area contributed by atoms with E-state index in [1.807, 2.05) is 22.7 Å². The summed E-state index contributed by atoms with van der Waals surface area (Å²) >= 11 is 3.87. The van der Waals surface area contributed by atoms with Gasteiger partial charge >= 0.3 is 0 Å². The topological polar surface area (TPSA) is 25.8 Å². The van der Waals surface area contributed by atoms with E-state index in [0.717, 1.165) is 67.3 Å². The first kappa shape index (κ1) is 63.2. The van der Waals surface area contributed by atoms with Crippen LogP contribution in [0.3, 0.4) is 0 Å². The van der Waals surface area contributed by atoms with Crippen LogP contribution >= 0.6 is 22.7 Å². The number of hydrogen-bond donors (Lipinski definition) is 0. The average molecular weight is 1450 g/mol. The zero-order valence-electron chi connectivity index (χ0n) is 60.7. The molecule has 0 bridgehead atoms. The molecule has 0 amide bonds. The minimum Gasteiger partial charge on any atom is -0.248 e. The summed E-state index contributed by atoms with van der Waals surface area (Å²) in [6.45, 7) is 0. The SMILES string of the molecule is c1ccc(-c2cc(-c3cccc(-c4ccc5c(c4)-c4ccccc4C54c5ccccc5-c5sc6cc(-c7cc(-c8cc(-c9ccc(-c%10ccc%11c(c%10)C%10(c%12ccccc%12-c%12ccccc%12%10)c%10c-%11sc%11ccccc%10%11)cc9)cc(-c9ccccc9)n8)cc8ccccc78)ccc6c54)c3)cc(-c3ccc4ccccc4c3)n2)cc1. The third-order valence-corrected chi connectivity index (χ3v) is 27.1. The first-order chi connectivity index (χ1) is 55.5. The lowest BCUT2D eigenvalue weighted by Gasteiger charge is -2.30. The van der Waals surface area contributed by atoms with Gasteiger partial charge in [-0.05, 0) is 239 Å². The van der Waals surface area contributed by atoms with Crippen LogP contribution in [0.25, 0.3) is 186 Å². The molecule has 0 aliphatic heterocycles. The van der Waals surface area contributed by atoms with Crippen molar-refractivity contribution >= 4 is 64.4 Å². The fourth-order valence-corrected chi connectivity index (χ4v) is 22.4. The number of rotatable bonds is 9. The van der Waals surface area contributed by atoms with Gasteiger partial charge in [-0.2, -0.15) is 0 Å². The second-order valence-corrected chi connectivity index (χ2v) is 32.6. The summed E-state index contributed by atoms with van der Waals surface area (Å²) in [7, 11) is 0. The van der Waals surface area contributed by atoms with Crippen LogP contribution < -0.4 is 0 Å². The second-order valence-electron chi connectivity index (χ2n) is 30.5. The molecule has 112 heavy (non-hydrogen) atoms. The Hall–Kier alpha value is -13.7. The number of thiophene rings is 2. The summed E-state index contributed by atoms with van der Waals surface area (Å²) in [4.78, 5) is 13.6. The molecule has 4 aliphatic rings. The molecule has 4 aliphatic carbocycles. The highest BCUT2D eigenvalue weighted by molar-refractivity contribution is 7.23. The molecule has 0 N–H and O–H groups in total. The molecule has 0 saturated heterocycles. The molecule has 4 aromatic heterocycles. The Bertz CT molecular complexity index is 7340. The standard InChI is InChI=1S/C108H64N2S2/c1-3-23-68(24-4-1)97-60-78(67-44-42-66(43-45-67)74-48-51-86-96(59-74)108(103-87-36-15-20-41-101(87)111-106(86)103)91-37-16-11-32-82(91)83-33-12-17-38-92(83)108)61-100(110-97)80-56-75-28-9-10-31-81(75)89(58-80)76-49-52-88-102(64-76)112-105-85-35-14-19-40-94(85)107(104(88)105)93-39-18-13-34-84(93)90-57-73(50-53-95(90)107)71-29-21-30-72(54-71)79-62-98(69-25-5-2-6-26-69)109-99(63-79)77-47-46-65-22-7-8-27-70(65)55-77/h1-64H. The van der Waals surface area contributed by atoms with Crippen molar-refractivity contribution in [2.45, 2.75) is 10.8 Å². The Morgan fingerprint density at radius 1 is 0.179 bits per heavy atom. The smallest absolute Gasteiger partial charge is 0.0740 e. The highest BCUT2D eigenvalue weighted by atomic mass is 32.1. The highest BCUT2D eigenvalue weighted by Gasteiger charge is 2.55. The molecule has 4 heterocycles. The van der Waals surface area contributed by atoms with Crippen LogP contribution in [0.2, 0.25) is 0 Å². The van der Waals surface area contributed by atoms with Crippen molar-refractivity contribution in [3.05, 3.63) is 433 Å². The van der Waals surface area contributed by atoms with Gasteiger partial charge in [-0.25, -0.2) is 9.97 Å². The third-order valence-electron chi connectivity index (χ3n) is 24.7. The Morgan fingerprint density at radius 3 is 1.27 bits per heavy atom. The van der Waals surface area contributed by atoms with Crippen molar-refractivity contribution in [1.29, 1.82) is 0 Å². The molecule has 20 aromatic rings. The quantitative estimate of drug-likeness (QED) is 0.144. The van der Waals surface area contributed by atoms with Gasteiger partial charge in [0, 0.05) is 41.4 Å². The summed E-state index contributed by atoms with van der Waals surface area (Å²) < 4.78 is 2.61. The van der Waals surface area contributed by atoms with Crippen LogP contribution in [0.4, 0.5) is 0 Å². The van der Waals surface area contributed by atoms with Crippen molar-refractivity contribution < 1.29 is 0 Å². The normalized spacial score (nSPS) is 14.2. The second kappa shape index (κ2) is 24.4. The predicted octanol–water partition coefficient (Wildman–Crippen LogP) is 28.9. The van der Waals surface area contributed by atoms with Gasteiger partial charge < -0.3 is 0 Å². The maximum absolute atomic E-state index is 5.59. The summed E-state index contributed by atoms with van der Waals surface area (Å²) in [6, 6.07) is 145. The lowest BCUT2D eigenvalue weighted by Crippen LogP contribution is -2.25. The van der Waals surface area contributed by atoms with E-state index >= 15 is 0 Å². The molecule has 1 unspecified atom stereocenters. The van der Waals surface area contributed by atoms with Gasteiger partial charge in [-0.1, -0.05) is 315 Å². The average Bonchev–Trinajstić information content (AvgIpc) is 1.50. The van der Waals surface area contributed by atoms with E-state index in [1.165, 1.54) is 163 Å². The molecule has 0 fully saturated rings. The van der Waals surface area contributed by atoms with Crippen molar-refractivity contribution in [3.8, 4) is 144 Å². The molecule has 16 aromatic carbocycles. The first-order valence-electron chi connectivity index (χ1n) is 38.6. The minimum absolute atomic E-state index is 0.436. The predicted molar refractivity (Wildman–Crippen MR) is 469 cm³/mol. The molecule has 0 saturated carbocycles. The van der Waals surface area contributed by atoms with E-state index in [2.05, 4.69) is 388 Å². The van der Waals surface area contributed by atoms with E-state index in [-0.39, 0.29) is 0 Å². The Kier molecular flexibility index (Phi) is 13.8. The molecule has 2 nitrogen and oxygen atoms in total. The maximum atomic E-state index is 5.59. The molecule has 1 atom stereocenters. The number of aromatic nitrogens is 2. The first-order valence-corrected chi connectivity index (χ1v) is 40.3. The van der Waals surface area contributed by atoms with E-state index in [0.29, 0.717) is 0 Å². The largest absolute Gasteiger partial charge is 0.248 e. The van der Waals surface area contributed by atoms with Gasteiger partial charge in [-0.15, -0.1) is 22.7 Å². The van der Waals surface area contributed by atoms with Crippen molar-refractivity contribution in [2.75, 3.05) is 0 Å². The van der Waals surface area contributed by atoms with Crippen LogP contribution in [-0.4, -0.2) is 9.97 Å². The summed E-state index contributed by atoms with van der Waals surface area (Å²) in [6.07, 6.45) is 0. The summed E-state index contributed by atoms with van der Waals surface area (Å²) in [5.41, 5.74) is 37.5.